The molecule has 1 aliphatic carbocycles. The second-order valence-electron chi connectivity index (χ2n) is 6.26. The van der Waals surface area contributed by atoms with Crippen LogP contribution in [-0.2, 0) is 6.42 Å². The molecule has 0 heterocycles. The van der Waals surface area contributed by atoms with Gasteiger partial charge in [-0.3, -0.25) is 0 Å². The van der Waals surface area contributed by atoms with E-state index in [-0.39, 0.29) is 24.1 Å². The molecule has 0 aliphatic heterocycles. The van der Waals surface area contributed by atoms with Crippen molar-refractivity contribution >= 4 is 11.7 Å². The van der Waals surface area contributed by atoms with Crippen LogP contribution in [0.4, 0.5) is 10.5 Å². The van der Waals surface area contributed by atoms with Gasteiger partial charge in [0.05, 0.1) is 6.61 Å². The maximum absolute atomic E-state index is 12.2. The molecule has 2 unspecified atom stereocenters. The van der Waals surface area contributed by atoms with Gasteiger partial charge < -0.3 is 15.7 Å². The molecule has 0 saturated heterocycles. The molecule has 1 aromatic rings. The van der Waals surface area contributed by atoms with Gasteiger partial charge in [0.25, 0.3) is 0 Å². The van der Waals surface area contributed by atoms with Crippen LogP contribution >= 0.6 is 0 Å². The second kappa shape index (κ2) is 6.94. The number of hydrogen-bond acceptors (Lipinski definition) is 2. The van der Waals surface area contributed by atoms with E-state index in [2.05, 4.69) is 17.6 Å². The largest absolute Gasteiger partial charge is 0.396 e. The van der Waals surface area contributed by atoms with Crippen molar-refractivity contribution in [2.75, 3.05) is 11.9 Å². The molecule has 3 N–H and O–H groups in total. The van der Waals surface area contributed by atoms with Crippen molar-refractivity contribution in [2.45, 2.75) is 52.0 Å². The molecule has 116 valence electrons. The van der Waals surface area contributed by atoms with Crippen LogP contribution in [0.2, 0.25) is 0 Å². The van der Waals surface area contributed by atoms with Crippen LogP contribution in [0.15, 0.2) is 24.3 Å². The maximum atomic E-state index is 12.2. The highest BCUT2D eigenvalue weighted by Crippen LogP contribution is 2.37. The Morgan fingerprint density at radius 2 is 2.19 bits per heavy atom. The summed E-state index contributed by atoms with van der Waals surface area (Å²) in [6.07, 6.45) is 4.94. The summed E-state index contributed by atoms with van der Waals surface area (Å²) in [4.78, 5) is 12.2. The molecule has 21 heavy (non-hydrogen) atoms. The lowest BCUT2D eigenvalue weighted by Crippen LogP contribution is -2.46. The SMILES string of the molecule is CCCc1ccccc1NC(=O)NC1CCCC1(C)CO. The van der Waals surface area contributed by atoms with Gasteiger partial charge in [-0.2, -0.15) is 0 Å². The summed E-state index contributed by atoms with van der Waals surface area (Å²) < 4.78 is 0. The minimum Gasteiger partial charge on any atom is -0.396 e. The van der Waals surface area contributed by atoms with Crippen LogP contribution in [0.3, 0.4) is 0 Å². The second-order valence-corrected chi connectivity index (χ2v) is 6.26. The molecular weight excluding hydrogens is 264 g/mol. The first kappa shape index (κ1) is 15.8. The van der Waals surface area contributed by atoms with E-state index in [0.717, 1.165) is 43.4 Å². The van der Waals surface area contributed by atoms with Crippen LogP contribution < -0.4 is 10.6 Å². The molecule has 0 bridgehead atoms. The van der Waals surface area contributed by atoms with Gasteiger partial charge in [-0.1, -0.05) is 44.9 Å². The Bertz CT molecular complexity index is 489. The fourth-order valence-corrected chi connectivity index (χ4v) is 3.11. The van der Waals surface area contributed by atoms with Crippen molar-refractivity contribution < 1.29 is 9.90 Å². The lowest BCUT2D eigenvalue weighted by Gasteiger charge is -2.30. The number of aliphatic hydroxyl groups is 1. The number of carbonyl (C=O) groups excluding carboxylic acids is 1. The number of anilines is 1. The predicted molar refractivity (Wildman–Crippen MR) is 85.4 cm³/mol. The predicted octanol–water partition coefficient (Wildman–Crippen LogP) is 3.31. The van der Waals surface area contributed by atoms with Gasteiger partial charge in [-0.05, 0) is 30.9 Å². The average Bonchev–Trinajstić information content (AvgIpc) is 2.83. The number of aliphatic hydroxyl groups excluding tert-OH is 1. The molecule has 2 amide bonds. The van der Waals surface area contributed by atoms with Crippen molar-refractivity contribution in [2.24, 2.45) is 5.41 Å². The number of carbonyl (C=O) groups is 1. The highest BCUT2D eigenvalue weighted by atomic mass is 16.3. The minimum atomic E-state index is -0.194. The van der Waals surface area contributed by atoms with Gasteiger partial charge in [0.2, 0.25) is 0 Å². The van der Waals surface area contributed by atoms with Gasteiger partial charge in [0, 0.05) is 17.1 Å². The zero-order chi connectivity index (χ0) is 15.3. The Labute approximate surface area is 126 Å². The first-order valence-corrected chi connectivity index (χ1v) is 7.85. The van der Waals surface area contributed by atoms with E-state index in [9.17, 15) is 9.90 Å². The highest BCUT2D eigenvalue weighted by Gasteiger charge is 2.39. The Balaban J connectivity index is 1.99. The van der Waals surface area contributed by atoms with E-state index in [4.69, 9.17) is 0 Å². The summed E-state index contributed by atoms with van der Waals surface area (Å²) in [6, 6.07) is 7.78. The smallest absolute Gasteiger partial charge is 0.319 e. The van der Waals surface area contributed by atoms with E-state index in [0.29, 0.717) is 0 Å². The molecule has 4 nitrogen and oxygen atoms in total. The third-order valence-corrected chi connectivity index (χ3v) is 4.53. The average molecular weight is 290 g/mol. The van der Waals surface area contributed by atoms with Crippen LogP contribution in [0.1, 0.15) is 45.1 Å². The van der Waals surface area contributed by atoms with Crippen molar-refractivity contribution in [1.82, 2.24) is 5.32 Å². The van der Waals surface area contributed by atoms with Crippen molar-refractivity contribution in [1.29, 1.82) is 0 Å². The third-order valence-electron chi connectivity index (χ3n) is 4.53. The number of hydrogen-bond donors (Lipinski definition) is 3. The number of aryl methyl sites for hydroxylation is 1. The van der Waals surface area contributed by atoms with E-state index >= 15 is 0 Å². The highest BCUT2D eigenvalue weighted by molar-refractivity contribution is 5.90. The topological polar surface area (TPSA) is 61.4 Å². The Morgan fingerprint density at radius 3 is 2.90 bits per heavy atom. The lowest BCUT2D eigenvalue weighted by atomic mass is 9.86. The Morgan fingerprint density at radius 1 is 1.43 bits per heavy atom. The molecule has 0 radical (unpaired) electrons. The third kappa shape index (κ3) is 3.76. The quantitative estimate of drug-likeness (QED) is 0.779. The first-order chi connectivity index (χ1) is 10.1. The zero-order valence-electron chi connectivity index (χ0n) is 13.0. The molecule has 1 saturated carbocycles. The number of rotatable bonds is 5. The van der Waals surface area contributed by atoms with Gasteiger partial charge >= 0.3 is 6.03 Å². The van der Waals surface area contributed by atoms with Gasteiger partial charge in [-0.25, -0.2) is 4.79 Å². The van der Waals surface area contributed by atoms with Crippen molar-refractivity contribution in [3.05, 3.63) is 29.8 Å². The molecule has 2 atom stereocenters. The number of benzene rings is 1. The molecular formula is C17H26N2O2. The molecule has 0 spiro atoms. The van der Waals surface area contributed by atoms with Crippen LogP contribution in [0.25, 0.3) is 0 Å². The van der Waals surface area contributed by atoms with Crippen molar-refractivity contribution in [3.8, 4) is 0 Å². The lowest BCUT2D eigenvalue weighted by molar-refractivity contribution is 0.122. The van der Waals surface area contributed by atoms with Gasteiger partial charge in [0.15, 0.2) is 0 Å². The molecule has 0 aromatic heterocycles. The van der Waals surface area contributed by atoms with Gasteiger partial charge in [0.1, 0.15) is 0 Å². The Kier molecular flexibility index (Phi) is 5.23. The molecule has 1 fully saturated rings. The van der Waals surface area contributed by atoms with E-state index < -0.39 is 0 Å². The van der Waals surface area contributed by atoms with E-state index in [1.54, 1.807) is 0 Å². The summed E-state index contributed by atoms with van der Waals surface area (Å²) in [5.41, 5.74) is 1.84. The number of urea groups is 1. The summed E-state index contributed by atoms with van der Waals surface area (Å²) in [5, 5.41) is 15.5. The normalized spacial score (nSPS) is 24.8. The molecule has 1 aromatic carbocycles. The number of para-hydroxylation sites is 1. The van der Waals surface area contributed by atoms with E-state index in [1.165, 1.54) is 0 Å². The monoisotopic (exact) mass is 290 g/mol. The fourth-order valence-electron chi connectivity index (χ4n) is 3.11. The summed E-state index contributed by atoms with van der Waals surface area (Å²) in [5.74, 6) is 0. The number of amides is 2. The standard InChI is InChI=1S/C17H26N2O2/c1-3-7-13-8-4-5-9-14(13)18-16(21)19-15-10-6-11-17(15,2)12-20/h4-5,8-9,15,20H,3,6-7,10-12H2,1-2H3,(H2,18,19,21). The Hall–Kier alpha value is -1.55. The molecule has 4 heteroatoms. The van der Waals surface area contributed by atoms with Crippen molar-refractivity contribution in [3.63, 3.8) is 0 Å². The zero-order valence-corrected chi connectivity index (χ0v) is 13.0. The summed E-state index contributed by atoms with van der Waals surface area (Å²) in [6.45, 7) is 4.28. The molecule has 1 aliphatic rings. The van der Waals surface area contributed by atoms with E-state index in [1.807, 2.05) is 31.2 Å². The van der Waals surface area contributed by atoms with Crippen LogP contribution in [-0.4, -0.2) is 23.8 Å². The fraction of sp³-hybridized carbons (Fsp3) is 0.588. The van der Waals surface area contributed by atoms with Crippen LogP contribution in [0.5, 0.6) is 0 Å². The summed E-state index contributed by atoms with van der Waals surface area (Å²) >= 11 is 0. The first-order valence-electron chi connectivity index (χ1n) is 7.85. The minimum absolute atomic E-state index is 0.0424. The van der Waals surface area contributed by atoms with Gasteiger partial charge in [-0.15, -0.1) is 0 Å². The summed E-state index contributed by atoms with van der Waals surface area (Å²) in [7, 11) is 0. The molecule has 2 rings (SSSR count). The maximum Gasteiger partial charge on any atom is 0.319 e. The number of nitrogens with one attached hydrogen (secondary N) is 2. The van der Waals surface area contributed by atoms with Crippen LogP contribution in [0, 0.1) is 5.41 Å².